The van der Waals surface area contributed by atoms with Crippen LogP contribution in [0.5, 0.6) is 0 Å². The van der Waals surface area contributed by atoms with Crippen LogP contribution in [-0.2, 0) is 12.0 Å². The lowest BCUT2D eigenvalue weighted by Gasteiger charge is -2.37. The minimum Gasteiger partial charge on any atom is -0.384 e. The van der Waals surface area contributed by atoms with E-state index in [1.165, 1.54) is 0 Å². The summed E-state index contributed by atoms with van der Waals surface area (Å²) in [6, 6.07) is 17.8. The summed E-state index contributed by atoms with van der Waals surface area (Å²) < 4.78 is 0. The van der Waals surface area contributed by atoms with E-state index in [4.69, 9.17) is 11.6 Å². The van der Waals surface area contributed by atoms with Crippen LogP contribution < -0.4 is 0 Å². The smallest absolute Gasteiger partial charge is 0.0974 e. The van der Waals surface area contributed by atoms with Crippen molar-refractivity contribution in [2.45, 2.75) is 32.8 Å². The number of benzene rings is 2. The highest BCUT2D eigenvalue weighted by molar-refractivity contribution is 6.30. The molecule has 0 aliphatic carbocycles. The number of halogens is 1. The van der Waals surface area contributed by atoms with Crippen molar-refractivity contribution in [3.8, 4) is 0 Å². The van der Waals surface area contributed by atoms with Gasteiger partial charge in [-0.25, -0.2) is 0 Å². The first kappa shape index (κ1) is 19.0. The van der Waals surface area contributed by atoms with Gasteiger partial charge in [-0.1, -0.05) is 74.8 Å². The molecule has 0 bridgehead atoms. The predicted octanol–water partition coefficient (Wildman–Crippen LogP) is 4.75. The van der Waals surface area contributed by atoms with E-state index >= 15 is 0 Å². The van der Waals surface area contributed by atoms with Gasteiger partial charge in [0.05, 0.1) is 5.60 Å². The lowest BCUT2D eigenvalue weighted by atomic mass is 9.77. The Hall–Kier alpha value is -1.35. The Balaban J connectivity index is 2.34. The molecule has 0 saturated carbocycles. The van der Waals surface area contributed by atoms with Crippen LogP contribution in [0.2, 0.25) is 5.02 Å². The van der Waals surface area contributed by atoms with Crippen LogP contribution in [0.3, 0.4) is 0 Å². The Morgan fingerprint density at radius 1 is 1.00 bits per heavy atom. The molecule has 130 valence electrons. The molecular weight excluding hydrogens is 318 g/mol. The maximum absolute atomic E-state index is 11.7. The second-order valence-corrected chi connectivity index (χ2v) is 6.92. The van der Waals surface area contributed by atoms with Crippen LogP contribution in [0.4, 0.5) is 0 Å². The SMILES string of the molecule is CCN(CC)C[C@H](C)[C@@](O)(Cc1ccccc1)c1ccc(Cl)cc1. The van der Waals surface area contributed by atoms with E-state index in [0.717, 1.165) is 30.8 Å². The molecule has 2 rings (SSSR count). The highest BCUT2D eigenvalue weighted by Gasteiger charge is 2.36. The van der Waals surface area contributed by atoms with Gasteiger partial charge in [-0.3, -0.25) is 0 Å². The molecule has 2 aromatic carbocycles. The van der Waals surface area contributed by atoms with Gasteiger partial charge < -0.3 is 10.0 Å². The maximum atomic E-state index is 11.7. The zero-order valence-electron chi connectivity index (χ0n) is 14.9. The van der Waals surface area contributed by atoms with Crippen LogP contribution in [-0.4, -0.2) is 29.6 Å². The Morgan fingerprint density at radius 2 is 1.58 bits per heavy atom. The standard InChI is InChI=1S/C21H28ClNO/c1-4-23(5-2)16-17(3)21(24,15-18-9-7-6-8-10-18)19-11-13-20(22)14-12-19/h6-14,17,24H,4-5,15-16H2,1-3H3/t17-,21-/m0/s1. The highest BCUT2D eigenvalue weighted by atomic mass is 35.5. The van der Waals surface area contributed by atoms with Crippen molar-refractivity contribution in [2.24, 2.45) is 5.92 Å². The van der Waals surface area contributed by atoms with Gasteiger partial charge >= 0.3 is 0 Å². The van der Waals surface area contributed by atoms with E-state index in [2.05, 4.69) is 37.8 Å². The summed E-state index contributed by atoms with van der Waals surface area (Å²) in [5, 5.41) is 12.4. The third kappa shape index (κ3) is 4.60. The molecule has 2 nitrogen and oxygen atoms in total. The Morgan fingerprint density at radius 3 is 2.12 bits per heavy atom. The minimum atomic E-state index is -0.922. The first-order valence-electron chi connectivity index (χ1n) is 8.74. The summed E-state index contributed by atoms with van der Waals surface area (Å²) in [7, 11) is 0. The predicted molar refractivity (Wildman–Crippen MR) is 102 cm³/mol. The number of hydrogen-bond acceptors (Lipinski definition) is 2. The van der Waals surface area contributed by atoms with Crippen molar-refractivity contribution < 1.29 is 5.11 Å². The molecule has 1 N–H and O–H groups in total. The molecule has 2 atom stereocenters. The van der Waals surface area contributed by atoms with E-state index in [-0.39, 0.29) is 5.92 Å². The zero-order chi connectivity index (χ0) is 17.6. The molecule has 0 spiro atoms. The van der Waals surface area contributed by atoms with Crippen molar-refractivity contribution in [3.05, 3.63) is 70.7 Å². The quantitative estimate of drug-likeness (QED) is 0.746. The first-order chi connectivity index (χ1) is 11.5. The maximum Gasteiger partial charge on any atom is 0.0974 e. The third-order valence-electron chi connectivity index (χ3n) is 4.90. The molecule has 0 aromatic heterocycles. The van der Waals surface area contributed by atoms with Gasteiger partial charge in [0.1, 0.15) is 0 Å². The summed E-state index contributed by atoms with van der Waals surface area (Å²) in [4.78, 5) is 2.36. The first-order valence-corrected chi connectivity index (χ1v) is 9.12. The molecule has 0 aliphatic heterocycles. The molecule has 24 heavy (non-hydrogen) atoms. The lowest BCUT2D eigenvalue weighted by molar-refractivity contribution is -0.0290. The molecule has 0 amide bonds. The molecular formula is C21H28ClNO. The van der Waals surface area contributed by atoms with Crippen molar-refractivity contribution >= 4 is 11.6 Å². The second kappa shape index (κ2) is 8.66. The van der Waals surface area contributed by atoms with Crippen LogP contribution in [0, 0.1) is 5.92 Å². The molecule has 0 aliphatic rings. The van der Waals surface area contributed by atoms with E-state index in [1.807, 2.05) is 42.5 Å². The summed E-state index contributed by atoms with van der Waals surface area (Å²) in [6.07, 6.45) is 0.595. The fourth-order valence-electron chi connectivity index (χ4n) is 3.23. The highest BCUT2D eigenvalue weighted by Crippen LogP contribution is 2.34. The fraction of sp³-hybridized carbons (Fsp3) is 0.429. The summed E-state index contributed by atoms with van der Waals surface area (Å²) in [5.74, 6) is 0.0961. The summed E-state index contributed by atoms with van der Waals surface area (Å²) in [5.41, 5.74) is 1.14. The molecule has 0 heterocycles. The molecule has 2 aromatic rings. The molecule has 0 unspecified atom stereocenters. The number of nitrogens with zero attached hydrogens (tertiary/aromatic N) is 1. The molecule has 0 radical (unpaired) electrons. The van der Waals surface area contributed by atoms with Crippen molar-refractivity contribution in [2.75, 3.05) is 19.6 Å². The third-order valence-corrected chi connectivity index (χ3v) is 5.15. The minimum absolute atomic E-state index is 0.0961. The topological polar surface area (TPSA) is 23.5 Å². The Bertz CT molecular complexity index is 609. The van der Waals surface area contributed by atoms with E-state index in [9.17, 15) is 5.11 Å². The van der Waals surface area contributed by atoms with Gasteiger partial charge in [0, 0.05) is 23.9 Å². The number of rotatable bonds is 8. The molecule has 3 heteroatoms. The summed E-state index contributed by atoms with van der Waals surface area (Å²) in [6.45, 7) is 9.30. The number of aliphatic hydroxyl groups is 1. The van der Waals surface area contributed by atoms with Crippen LogP contribution in [0.25, 0.3) is 0 Å². The van der Waals surface area contributed by atoms with E-state index in [0.29, 0.717) is 11.4 Å². The largest absolute Gasteiger partial charge is 0.384 e. The number of hydrogen-bond donors (Lipinski definition) is 1. The molecule has 0 saturated heterocycles. The van der Waals surface area contributed by atoms with Crippen LogP contribution in [0.1, 0.15) is 31.9 Å². The lowest BCUT2D eigenvalue weighted by Crippen LogP contribution is -2.42. The zero-order valence-corrected chi connectivity index (χ0v) is 15.6. The van der Waals surface area contributed by atoms with Gasteiger partial charge in [-0.05, 0) is 36.3 Å². The van der Waals surface area contributed by atoms with Gasteiger partial charge in [-0.15, -0.1) is 0 Å². The Kier molecular flexibility index (Phi) is 6.85. The monoisotopic (exact) mass is 345 g/mol. The second-order valence-electron chi connectivity index (χ2n) is 6.48. The Labute approximate surface area is 151 Å². The average molecular weight is 346 g/mol. The van der Waals surface area contributed by atoms with Gasteiger partial charge in [0.15, 0.2) is 0 Å². The molecule has 0 fully saturated rings. The van der Waals surface area contributed by atoms with Crippen molar-refractivity contribution in [1.29, 1.82) is 0 Å². The van der Waals surface area contributed by atoms with Gasteiger partial charge in [0.25, 0.3) is 0 Å². The van der Waals surface area contributed by atoms with Crippen molar-refractivity contribution in [3.63, 3.8) is 0 Å². The van der Waals surface area contributed by atoms with E-state index in [1.54, 1.807) is 0 Å². The summed E-state index contributed by atoms with van der Waals surface area (Å²) >= 11 is 6.04. The van der Waals surface area contributed by atoms with Crippen LogP contribution in [0.15, 0.2) is 54.6 Å². The van der Waals surface area contributed by atoms with Crippen LogP contribution >= 0.6 is 11.6 Å². The van der Waals surface area contributed by atoms with Crippen molar-refractivity contribution in [1.82, 2.24) is 4.90 Å². The normalized spacial score (nSPS) is 15.2. The average Bonchev–Trinajstić information content (AvgIpc) is 2.60. The van der Waals surface area contributed by atoms with E-state index < -0.39 is 5.60 Å². The van der Waals surface area contributed by atoms with Gasteiger partial charge in [0.2, 0.25) is 0 Å². The fourth-order valence-corrected chi connectivity index (χ4v) is 3.35. The van der Waals surface area contributed by atoms with Gasteiger partial charge in [-0.2, -0.15) is 0 Å².